The second-order valence-corrected chi connectivity index (χ2v) is 5.57. The first-order valence-electron chi connectivity index (χ1n) is 7.71. The second kappa shape index (κ2) is 5.80. The molecule has 0 amide bonds. The fourth-order valence-corrected chi connectivity index (χ4v) is 2.68. The van der Waals surface area contributed by atoms with Crippen LogP contribution >= 0.6 is 0 Å². The van der Waals surface area contributed by atoms with Gasteiger partial charge in [0.2, 0.25) is 0 Å². The van der Waals surface area contributed by atoms with E-state index in [9.17, 15) is 0 Å². The van der Waals surface area contributed by atoms with E-state index >= 15 is 0 Å². The summed E-state index contributed by atoms with van der Waals surface area (Å²) in [5.41, 5.74) is 3.74. The number of nitrogens with zero attached hydrogens (tertiary/aromatic N) is 2. The Morgan fingerprint density at radius 2 is 1.95 bits per heavy atom. The molecule has 1 N–H and O–H groups in total. The van der Waals surface area contributed by atoms with Gasteiger partial charge in [-0.3, -0.25) is 0 Å². The molecule has 0 aliphatic heterocycles. The van der Waals surface area contributed by atoms with Crippen LogP contribution in [-0.2, 0) is 0 Å². The molecule has 0 radical (unpaired) electrons. The first-order chi connectivity index (χ1) is 9.81. The van der Waals surface area contributed by atoms with Crippen LogP contribution in [-0.4, -0.2) is 16.3 Å². The molecular formula is C17H23N3. The van der Waals surface area contributed by atoms with Crippen molar-refractivity contribution in [2.75, 3.05) is 6.54 Å². The molecule has 106 valence electrons. The molecule has 1 aliphatic rings. The van der Waals surface area contributed by atoms with Crippen LogP contribution in [0.5, 0.6) is 0 Å². The van der Waals surface area contributed by atoms with E-state index in [2.05, 4.69) is 60.8 Å². The molecule has 1 fully saturated rings. The monoisotopic (exact) mass is 269 g/mol. The normalized spacial score (nSPS) is 16.3. The smallest absolute Gasteiger partial charge is 0.0659 e. The Hall–Kier alpha value is -1.61. The van der Waals surface area contributed by atoms with Crippen LogP contribution in [0.4, 0.5) is 0 Å². The van der Waals surface area contributed by atoms with E-state index in [-0.39, 0.29) is 0 Å². The molecule has 1 unspecified atom stereocenters. The van der Waals surface area contributed by atoms with Gasteiger partial charge in [0, 0.05) is 18.2 Å². The van der Waals surface area contributed by atoms with Crippen LogP contribution < -0.4 is 5.32 Å². The zero-order valence-electron chi connectivity index (χ0n) is 12.3. The quantitative estimate of drug-likeness (QED) is 0.864. The third-order valence-electron chi connectivity index (χ3n) is 4.02. The summed E-state index contributed by atoms with van der Waals surface area (Å²) in [6.45, 7) is 5.38. The Morgan fingerprint density at radius 1 is 1.20 bits per heavy atom. The van der Waals surface area contributed by atoms with Crippen molar-refractivity contribution in [3.05, 3.63) is 47.8 Å². The van der Waals surface area contributed by atoms with Gasteiger partial charge in [0.25, 0.3) is 0 Å². The molecule has 0 spiro atoms. The van der Waals surface area contributed by atoms with Crippen molar-refractivity contribution >= 4 is 0 Å². The maximum absolute atomic E-state index is 4.67. The molecule has 1 heterocycles. The van der Waals surface area contributed by atoms with Crippen LogP contribution in [0.25, 0.3) is 5.69 Å². The van der Waals surface area contributed by atoms with E-state index < -0.39 is 0 Å². The van der Waals surface area contributed by atoms with E-state index in [1.807, 2.05) is 4.68 Å². The molecule has 20 heavy (non-hydrogen) atoms. The molecular weight excluding hydrogens is 246 g/mol. The minimum Gasteiger partial charge on any atom is -0.310 e. The van der Waals surface area contributed by atoms with Crippen LogP contribution in [0.1, 0.15) is 56.3 Å². The molecule has 1 saturated carbocycles. The fourth-order valence-electron chi connectivity index (χ4n) is 2.68. The molecule has 1 aromatic heterocycles. The van der Waals surface area contributed by atoms with E-state index in [1.54, 1.807) is 0 Å². The van der Waals surface area contributed by atoms with Gasteiger partial charge in [-0.05, 0) is 49.6 Å². The highest BCUT2D eigenvalue weighted by Crippen LogP contribution is 2.39. The number of rotatable bonds is 6. The lowest BCUT2D eigenvalue weighted by atomic mass is 10.0. The lowest BCUT2D eigenvalue weighted by molar-refractivity contribution is 0.537. The number of hydrogen-bond donors (Lipinski definition) is 1. The third kappa shape index (κ3) is 2.78. The van der Waals surface area contributed by atoms with Gasteiger partial charge in [-0.1, -0.05) is 26.0 Å². The van der Waals surface area contributed by atoms with Gasteiger partial charge < -0.3 is 5.32 Å². The SMILES string of the molecule is CCNC(CC)c1ccc(-n2ccc(C3CC3)n2)cc1. The summed E-state index contributed by atoms with van der Waals surface area (Å²) in [4.78, 5) is 0. The highest BCUT2D eigenvalue weighted by Gasteiger charge is 2.25. The summed E-state index contributed by atoms with van der Waals surface area (Å²) in [7, 11) is 0. The van der Waals surface area contributed by atoms with Gasteiger partial charge in [0.05, 0.1) is 11.4 Å². The largest absolute Gasteiger partial charge is 0.310 e. The van der Waals surface area contributed by atoms with E-state index in [1.165, 1.54) is 24.1 Å². The summed E-state index contributed by atoms with van der Waals surface area (Å²) < 4.78 is 1.99. The first kappa shape index (κ1) is 13.4. The standard InChI is InChI=1S/C17H23N3/c1-3-16(18-4-2)13-7-9-15(10-8-13)20-12-11-17(19-20)14-5-6-14/h7-12,14,16,18H,3-6H2,1-2H3. The molecule has 3 nitrogen and oxygen atoms in total. The topological polar surface area (TPSA) is 29.9 Å². The number of benzene rings is 1. The Kier molecular flexibility index (Phi) is 3.88. The molecule has 1 aliphatic carbocycles. The van der Waals surface area contributed by atoms with Gasteiger partial charge in [-0.2, -0.15) is 5.10 Å². The van der Waals surface area contributed by atoms with E-state index in [4.69, 9.17) is 0 Å². The maximum atomic E-state index is 4.67. The maximum Gasteiger partial charge on any atom is 0.0659 e. The first-order valence-corrected chi connectivity index (χ1v) is 7.71. The molecule has 0 saturated heterocycles. The van der Waals surface area contributed by atoms with Crippen LogP contribution in [0.3, 0.4) is 0 Å². The average molecular weight is 269 g/mol. The Labute approximate surface area is 121 Å². The van der Waals surface area contributed by atoms with Gasteiger partial charge in [-0.15, -0.1) is 0 Å². The Morgan fingerprint density at radius 3 is 2.55 bits per heavy atom. The second-order valence-electron chi connectivity index (χ2n) is 5.57. The predicted octanol–water partition coefficient (Wildman–Crippen LogP) is 3.81. The van der Waals surface area contributed by atoms with Gasteiger partial charge >= 0.3 is 0 Å². The molecule has 1 atom stereocenters. The highest BCUT2D eigenvalue weighted by atomic mass is 15.3. The van der Waals surface area contributed by atoms with Crippen molar-refractivity contribution in [3.63, 3.8) is 0 Å². The molecule has 3 rings (SSSR count). The number of aromatic nitrogens is 2. The minimum absolute atomic E-state index is 0.452. The van der Waals surface area contributed by atoms with Crippen molar-refractivity contribution in [3.8, 4) is 5.69 Å². The minimum atomic E-state index is 0.452. The van der Waals surface area contributed by atoms with Crippen molar-refractivity contribution in [1.82, 2.24) is 15.1 Å². The van der Waals surface area contributed by atoms with E-state index in [0.29, 0.717) is 12.0 Å². The van der Waals surface area contributed by atoms with Crippen LogP contribution in [0, 0.1) is 0 Å². The van der Waals surface area contributed by atoms with E-state index in [0.717, 1.165) is 18.7 Å². The number of nitrogens with one attached hydrogen (secondary N) is 1. The third-order valence-corrected chi connectivity index (χ3v) is 4.02. The summed E-state index contributed by atoms with van der Waals surface area (Å²) >= 11 is 0. The van der Waals surface area contributed by atoms with Crippen molar-refractivity contribution < 1.29 is 0 Å². The van der Waals surface area contributed by atoms with Gasteiger partial charge in [-0.25, -0.2) is 4.68 Å². The summed E-state index contributed by atoms with van der Waals surface area (Å²) in [6.07, 6.45) is 5.79. The Balaban J connectivity index is 1.77. The van der Waals surface area contributed by atoms with Crippen molar-refractivity contribution in [2.24, 2.45) is 0 Å². The summed E-state index contributed by atoms with van der Waals surface area (Å²) in [5, 5.41) is 8.19. The molecule has 3 heteroatoms. The number of hydrogen-bond acceptors (Lipinski definition) is 2. The molecule has 1 aromatic carbocycles. The lowest BCUT2D eigenvalue weighted by Gasteiger charge is -2.16. The van der Waals surface area contributed by atoms with Crippen LogP contribution in [0.15, 0.2) is 36.5 Å². The van der Waals surface area contributed by atoms with Gasteiger partial charge in [0.15, 0.2) is 0 Å². The van der Waals surface area contributed by atoms with Gasteiger partial charge in [0.1, 0.15) is 0 Å². The van der Waals surface area contributed by atoms with Crippen LogP contribution in [0.2, 0.25) is 0 Å². The zero-order valence-corrected chi connectivity index (χ0v) is 12.3. The molecule has 2 aromatic rings. The zero-order chi connectivity index (χ0) is 13.9. The summed E-state index contributed by atoms with van der Waals surface area (Å²) in [5.74, 6) is 0.716. The molecule has 0 bridgehead atoms. The average Bonchev–Trinajstić information content (AvgIpc) is 3.23. The fraction of sp³-hybridized carbons (Fsp3) is 0.471. The van der Waals surface area contributed by atoms with Crippen molar-refractivity contribution in [1.29, 1.82) is 0 Å². The Bertz CT molecular complexity index is 552. The lowest BCUT2D eigenvalue weighted by Crippen LogP contribution is -2.19. The highest BCUT2D eigenvalue weighted by molar-refractivity contribution is 5.35. The summed E-state index contributed by atoms with van der Waals surface area (Å²) in [6, 6.07) is 11.4. The predicted molar refractivity (Wildman–Crippen MR) is 82.2 cm³/mol. The van der Waals surface area contributed by atoms with Crippen molar-refractivity contribution in [2.45, 2.75) is 45.1 Å².